The number of carboxylic acids is 2. The summed E-state index contributed by atoms with van der Waals surface area (Å²) in [5.41, 5.74) is 1.98. The van der Waals surface area contributed by atoms with Crippen LogP contribution in [0.5, 0.6) is 0 Å². The third-order valence-corrected chi connectivity index (χ3v) is 4.36. The van der Waals surface area contributed by atoms with Gasteiger partial charge in [0.15, 0.2) is 0 Å². The van der Waals surface area contributed by atoms with Crippen molar-refractivity contribution in [2.75, 3.05) is 0 Å². The van der Waals surface area contributed by atoms with E-state index in [0.29, 0.717) is 11.5 Å². The van der Waals surface area contributed by atoms with Crippen molar-refractivity contribution < 1.29 is 19.8 Å². The van der Waals surface area contributed by atoms with Gasteiger partial charge in [-0.25, -0.2) is 0 Å². The average Bonchev–Trinajstić information content (AvgIpc) is 2.48. The maximum atomic E-state index is 11.3. The number of carboxylic acid groups (broad SMARTS) is 2. The summed E-state index contributed by atoms with van der Waals surface area (Å²) in [5, 5.41) is 18.0. The largest absolute Gasteiger partial charge is 0.481 e. The SMILES string of the molecule is O=C(O)CC[C@H](C(=O)O)c1ccc(C2CCCCC2)cc1. The fraction of sp³-hybridized carbons (Fsp3) is 0.529. The average molecular weight is 290 g/mol. The molecule has 21 heavy (non-hydrogen) atoms. The van der Waals surface area contributed by atoms with Crippen molar-refractivity contribution in [2.45, 2.75) is 56.8 Å². The van der Waals surface area contributed by atoms with E-state index < -0.39 is 17.9 Å². The Balaban J connectivity index is 2.07. The molecule has 1 aliphatic carbocycles. The van der Waals surface area contributed by atoms with Crippen molar-refractivity contribution >= 4 is 11.9 Å². The van der Waals surface area contributed by atoms with Gasteiger partial charge in [-0.15, -0.1) is 0 Å². The van der Waals surface area contributed by atoms with Crippen molar-refractivity contribution in [3.8, 4) is 0 Å². The van der Waals surface area contributed by atoms with Crippen molar-refractivity contribution in [3.63, 3.8) is 0 Å². The Kier molecular flexibility index (Phi) is 5.37. The zero-order valence-electron chi connectivity index (χ0n) is 12.1. The lowest BCUT2D eigenvalue weighted by Crippen LogP contribution is -2.13. The molecule has 1 atom stereocenters. The predicted molar refractivity (Wildman–Crippen MR) is 79.5 cm³/mol. The molecule has 1 saturated carbocycles. The quantitative estimate of drug-likeness (QED) is 0.836. The van der Waals surface area contributed by atoms with Gasteiger partial charge in [0.1, 0.15) is 0 Å². The van der Waals surface area contributed by atoms with Crippen LogP contribution in [0, 0.1) is 0 Å². The number of hydrogen-bond acceptors (Lipinski definition) is 2. The Morgan fingerprint density at radius 2 is 1.67 bits per heavy atom. The van der Waals surface area contributed by atoms with Gasteiger partial charge >= 0.3 is 11.9 Å². The number of aliphatic carboxylic acids is 2. The van der Waals surface area contributed by atoms with Crippen LogP contribution in [0.4, 0.5) is 0 Å². The summed E-state index contributed by atoms with van der Waals surface area (Å²) in [4.78, 5) is 21.9. The summed E-state index contributed by atoms with van der Waals surface area (Å²) < 4.78 is 0. The third kappa shape index (κ3) is 4.31. The van der Waals surface area contributed by atoms with Gasteiger partial charge in [0, 0.05) is 6.42 Å². The Bertz CT molecular complexity index is 486. The summed E-state index contributed by atoms with van der Waals surface area (Å²) in [6.07, 6.45) is 6.27. The molecule has 0 spiro atoms. The summed E-state index contributed by atoms with van der Waals surface area (Å²) in [6.45, 7) is 0. The van der Waals surface area contributed by atoms with E-state index >= 15 is 0 Å². The van der Waals surface area contributed by atoms with E-state index in [1.54, 1.807) is 0 Å². The van der Waals surface area contributed by atoms with Crippen LogP contribution in [0.25, 0.3) is 0 Å². The molecule has 0 aliphatic heterocycles. The van der Waals surface area contributed by atoms with Crippen LogP contribution in [0.2, 0.25) is 0 Å². The van der Waals surface area contributed by atoms with Gasteiger partial charge in [0.25, 0.3) is 0 Å². The van der Waals surface area contributed by atoms with Crippen molar-refractivity contribution in [2.24, 2.45) is 0 Å². The van der Waals surface area contributed by atoms with Gasteiger partial charge in [0.2, 0.25) is 0 Å². The molecule has 0 amide bonds. The van der Waals surface area contributed by atoms with Crippen LogP contribution >= 0.6 is 0 Å². The van der Waals surface area contributed by atoms with Gasteiger partial charge in [-0.2, -0.15) is 0 Å². The lowest BCUT2D eigenvalue weighted by molar-refractivity contribution is -0.140. The minimum absolute atomic E-state index is 0.124. The zero-order valence-corrected chi connectivity index (χ0v) is 12.1. The lowest BCUT2D eigenvalue weighted by Gasteiger charge is -2.22. The normalized spacial score (nSPS) is 17.3. The molecule has 1 fully saturated rings. The monoisotopic (exact) mass is 290 g/mol. The second-order valence-corrected chi connectivity index (χ2v) is 5.82. The maximum absolute atomic E-state index is 11.3. The summed E-state index contributed by atoms with van der Waals surface area (Å²) >= 11 is 0. The van der Waals surface area contributed by atoms with Crippen LogP contribution in [-0.4, -0.2) is 22.2 Å². The molecule has 0 aromatic heterocycles. The topological polar surface area (TPSA) is 74.6 Å². The van der Waals surface area contributed by atoms with Crippen molar-refractivity contribution in [3.05, 3.63) is 35.4 Å². The highest BCUT2D eigenvalue weighted by molar-refractivity contribution is 5.77. The summed E-state index contributed by atoms with van der Waals surface area (Å²) in [5.74, 6) is -2.06. The number of hydrogen-bond donors (Lipinski definition) is 2. The maximum Gasteiger partial charge on any atom is 0.310 e. The fourth-order valence-corrected chi connectivity index (χ4v) is 3.14. The minimum Gasteiger partial charge on any atom is -0.481 e. The standard InChI is InChI=1S/C17H22O4/c18-16(19)11-10-15(17(20)21)14-8-6-13(7-9-14)12-4-2-1-3-5-12/h6-9,12,15H,1-5,10-11H2,(H,18,19)(H,20,21)/t15-/m0/s1. The van der Waals surface area contributed by atoms with Crippen LogP contribution in [0.3, 0.4) is 0 Å². The molecule has 114 valence electrons. The van der Waals surface area contributed by atoms with E-state index in [2.05, 4.69) is 0 Å². The summed E-state index contributed by atoms with van der Waals surface area (Å²) in [6, 6.07) is 7.74. The fourth-order valence-electron chi connectivity index (χ4n) is 3.14. The van der Waals surface area contributed by atoms with E-state index in [-0.39, 0.29) is 12.8 Å². The highest BCUT2D eigenvalue weighted by atomic mass is 16.4. The molecular formula is C17H22O4. The van der Waals surface area contributed by atoms with Gasteiger partial charge in [-0.3, -0.25) is 9.59 Å². The van der Waals surface area contributed by atoms with E-state index in [1.807, 2.05) is 24.3 Å². The van der Waals surface area contributed by atoms with Gasteiger partial charge < -0.3 is 10.2 Å². The molecule has 1 aromatic rings. The number of carbonyl (C=O) groups is 2. The van der Waals surface area contributed by atoms with E-state index in [9.17, 15) is 14.7 Å². The molecule has 0 heterocycles. The molecule has 0 saturated heterocycles. The third-order valence-electron chi connectivity index (χ3n) is 4.36. The lowest BCUT2D eigenvalue weighted by atomic mass is 9.83. The van der Waals surface area contributed by atoms with Gasteiger partial charge in [-0.1, -0.05) is 43.5 Å². The smallest absolute Gasteiger partial charge is 0.310 e. The Morgan fingerprint density at radius 3 is 2.19 bits per heavy atom. The molecule has 2 rings (SSSR count). The molecule has 4 nitrogen and oxygen atoms in total. The molecule has 0 radical (unpaired) electrons. The van der Waals surface area contributed by atoms with Crippen LogP contribution in [-0.2, 0) is 9.59 Å². The summed E-state index contributed by atoms with van der Waals surface area (Å²) in [7, 11) is 0. The van der Waals surface area contributed by atoms with Gasteiger partial charge in [-0.05, 0) is 36.3 Å². The Labute approximate surface area is 124 Å². The predicted octanol–water partition coefficient (Wildman–Crippen LogP) is 3.77. The highest BCUT2D eigenvalue weighted by Gasteiger charge is 2.22. The first-order valence-corrected chi connectivity index (χ1v) is 7.62. The van der Waals surface area contributed by atoms with Gasteiger partial charge in [0.05, 0.1) is 5.92 Å². The van der Waals surface area contributed by atoms with Crippen molar-refractivity contribution in [1.82, 2.24) is 0 Å². The van der Waals surface area contributed by atoms with E-state index in [4.69, 9.17) is 5.11 Å². The second kappa shape index (κ2) is 7.25. The van der Waals surface area contributed by atoms with Crippen LogP contribution in [0.1, 0.15) is 67.9 Å². The first-order chi connectivity index (χ1) is 10.1. The molecule has 1 aliphatic rings. The zero-order chi connectivity index (χ0) is 15.2. The second-order valence-electron chi connectivity index (χ2n) is 5.82. The first kappa shape index (κ1) is 15.5. The molecule has 1 aromatic carbocycles. The number of rotatable bonds is 6. The molecule has 2 N–H and O–H groups in total. The number of benzene rings is 1. The Morgan fingerprint density at radius 1 is 1.05 bits per heavy atom. The molecule has 4 heteroatoms. The minimum atomic E-state index is -0.958. The molecule has 0 bridgehead atoms. The highest BCUT2D eigenvalue weighted by Crippen LogP contribution is 2.33. The molecular weight excluding hydrogens is 268 g/mol. The van der Waals surface area contributed by atoms with Crippen molar-refractivity contribution in [1.29, 1.82) is 0 Å². The van der Waals surface area contributed by atoms with E-state index in [0.717, 1.165) is 0 Å². The van der Waals surface area contributed by atoms with E-state index in [1.165, 1.54) is 37.7 Å². The molecule has 0 unspecified atom stereocenters. The Hall–Kier alpha value is -1.84. The van der Waals surface area contributed by atoms with Crippen LogP contribution < -0.4 is 0 Å². The first-order valence-electron chi connectivity index (χ1n) is 7.62. The van der Waals surface area contributed by atoms with Crippen LogP contribution in [0.15, 0.2) is 24.3 Å².